The molecule has 1 aliphatic heterocycles. The predicted octanol–water partition coefficient (Wildman–Crippen LogP) is 4.28. The number of nitrogens with one attached hydrogen (secondary N) is 2. The number of fused-ring (bicyclic) bond motifs is 1. The molecule has 4 aromatic rings. The summed E-state index contributed by atoms with van der Waals surface area (Å²) in [7, 11) is 0. The summed E-state index contributed by atoms with van der Waals surface area (Å²) in [4.78, 5) is 19.1. The zero-order chi connectivity index (χ0) is 21.9. The van der Waals surface area contributed by atoms with Crippen LogP contribution in [0.4, 0.5) is 5.69 Å². The molecular formula is C27H28N3O2+. The fraction of sp³-hybridized carbons (Fsp3) is 0.259. The molecule has 5 nitrogen and oxygen atoms in total. The fourth-order valence-electron chi connectivity index (χ4n) is 4.62. The molecule has 1 aliphatic rings. The van der Waals surface area contributed by atoms with Crippen LogP contribution in [0.3, 0.4) is 0 Å². The maximum atomic E-state index is 13.1. The van der Waals surface area contributed by atoms with Gasteiger partial charge < -0.3 is 14.6 Å². The standard InChI is InChI=1S/C27H27N3O2/c1-19(26(31)28-23-12-6-5-11-22(23)20-9-3-2-4-10-20)30-17-15-21(16-18-30)27-29-24-13-7-8-14-25(24)32-27/h2-14,19,21H,15-18H2,1H3,(H,28,31)/p+1/t19-/m0/s1. The summed E-state index contributed by atoms with van der Waals surface area (Å²) < 4.78 is 5.99. The van der Waals surface area contributed by atoms with Crippen molar-refractivity contribution in [1.82, 2.24) is 4.98 Å². The maximum Gasteiger partial charge on any atom is 0.282 e. The van der Waals surface area contributed by atoms with E-state index < -0.39 is 0 Å². The topological polar surface area (TPSA) is 59.6 Å². The van der Waals surface area contributed by atoms with Crippen LogP contribution in [-0.4, -0.2) is 30.0 Å². The molecule has 3 aromatic carbocycles. The van der Waals surface area contributed by atoms with Gasteiger partial charge in [0, 0.05) is 30.0 Å². The first kappa shape index (κ1) is 20.5. The van der Waals surface area contributed by atoms with Gasteiger partial charge in [0.1, 0.15) is 5.52 Å². The van der Waals surface area contributed by atoms with Crippen LogP contribution in [0.2, 0.25) is 0 Å². The lowest BCUT2D eigenvalue weighted by atomic mass is 9.95. The van der Waals surface area contributed by atoms with Gasteiger partial charge in [-0.3, -0.25) is 4.79 Å². The van der Waals surface area contributed by atoms with Gasteiger partial charge in [0.25, 0.3) is 5.91 Å². The monoisotopic (exact) mass is 426 g/mol. The lowest BCUT2D eigenvalue weighted by Crippen LogP contribution is -3.17. The van der Waals surface area contributed by atoms with Gasteiger partial charge in [-0.15, -0.1) is 0 Å². The number of anilines is 1. The zero-order valence-electron chi connectivity index (χ0n) is 18.3. The molecule has 1 amide bonds. The van der Waals surface area contributed by atoms with Gasteiger partial charge in [-0.25, -0.2) is 4.98 Å². The first-order valence-corrected chi connectivity index (χ1v) is 11.3. The van der Waals surface area contributed by atoms with Crippen LogP contribution in [0, 0.1) is 0 Å². The number of para-hydroxylation sites is 3. The number of likely N-dealkylation sites (tertiary alicyclic amines) is 1. The number of hydrogen-bond donors (Lipinski definition) is 2. The number of quaternary nitrogens is 1. The number of amides is 1. The van der Waals surface area contributed by atoms with E-state index in [2.05, 4.69) is 22.4 Å². The summed E-state index contributed by atoms with van der Waals surface area (Å²) in [6.45, 7) is 3.88. The first-order valence-electron chi connectivity index (χ1n) is 11.3. The molecule has 1 aromatic heterocycles. The largest absolute Gasteiger partial charge is 0.440 e. The molecule has 2 heterocycles. The number of piperidine rings is 1. The van der Waals surface area contributed by atoms with E-state index >= 15 is 0 Å². The van der Waals surface area contributed by atoms with Crippen molar-refractivity contribution in [3.8, 4) is 11.1 Å². The van der Waals surface area contributed by atoms with Gasteiger partial charge in [-0.05, 0) is 30.7 Å². The third kappa shape index (κ3) is 4.16. The highest BCUT2D eigenvalue weighted by Crippen LogP contribution is 2.28. The maximum absolute atomic E-state index is 13.1. The molecule has 0 spiro atoms. The van der Waals surface area contributed by atoms with Gasteiger partial charge in [0.15, 0.2) is 17.5 Å². The minimum absolute atomic E-state index is 0.0590. The Balaban J connectivity index is 1.23. The zero-order valence-corrected chi connectivity index (χ0v) is 18.3. The summed E-state index contributed by atoms with van der Waals surface area (Å²) in [5.74, 6) is 1.21. The highest BCUT2D eigenvalue weighted by atomic mass is 16.3. The number of carbonyl (C=O) groups excluding carboxylic acids is 1. The first-order chi connectivity index (χ1) is 15.7. The molecular weight excluding hydrogens is 398 g/mol. The van der Waals surface area contributed by atoms with E-state index in [-0.39, 0.29) is 11.9 Å². The van der Waals surface area contributed by atoms with E-state index in [0.717, 1.165) is 59.7 Å². The van der Waals surface area contributed by atoms with Crippen molar-refractivity contribution in [1.29, 1.82) is 0 Å². The molecule has 0 unspecified atom stereocenters. The molecule has 1 atom stereocenters. The van der Waals surface area contributed by atoms with Gasteiger partial charge in [-0.2, -0.15) is 0 Å². The number of nitrogens with zero attached hydrogens (tertiary/aromatic N) is 1. The SMILES string of the molecule is C[C@@H](C(=O)Nc1ccccc1-c1ccccc1)[NH+]1CCC(c2nc3ccccc3o2)CC1. The van der Waals surface area contributed by atoms with E-state index in [0.29, 0.717) is 5.92 Å². The second-order valence-corrected chi connectivity index (χ2v) is 8.57. The van der Waals surface area contributed by atoms with E-state index in [1.54, 1.807) is 0 Å². The minimum atomic E-state index is -0.122. The number of hydrogen-bond acceptors (Lipinski definition) is 3. The number of aromatic nitrogens is 1. The second-order valence-electron chi connectivity index (χ2n) is 8.57. The Labute approximate surface area is 188 Å². The summed E-state index contributed by atoms with van der Waals surface area (Å²) in [6.07, 6.45) is 1.95. The Kier molecular flexibility index (Phi) is 5.73. The van der Waals surface area contributed by atoms with Crippen molar-refractivity contribution >= 4 is 22.7 Å². The van der Waals surface area contributed by atoms with Crippen molar-refractivity contribution in [2.45, 2.75) is 31.7 Å². The Bertz CT molecular complexity index is 1180. The Morgan fingerprint density at radius 1 is 0.969 bits per heavy atom. The molecule has 2 N–H and O–H groups in total. The van der Waals surface area contributed by atoms with Crippen LogP contribution in [0.15, 0.2) is 83.3 Å². The minimum Gasteiger partial charge on any atom is -0.440 e. The number of benzene rings is 3. The lowest BCUT2D eigenvalue weighted by molar-refractivity contribution is -0.919. The van der Waals surface area contributed by atoms with Gasteiger partial charge >= 0.3 is 0 Å². The van der Waals surface area contributed by atoms with Crippen molar-refractivity contribution in [2.24, 2.45) is 0 Å². The van der Waals surface area contributed by atoms with Gasteiger partial charge in [0.05, 0.1) is 13.1 Å². The Hall–Kier alpha value is -3.44. The molecule has 162 valence electrons. The van der Waals surface area contributed by atoms with Crippen LogP contribution >= 0.6 is 0 Å². The normalized spacial score (nSPS) is 19.5. The molecule has 0 radical (unpaired) electrons. The van der Waals surface area contributed by atoms with Gasteiger partial charge in [0.2, 0.25) is 0 Å². The van der Waals surface area contributed by atoms with Crippen molar-refractivity contribution in [2.75, 3.05) is 18.4 Å². The third-order valence-corrected chi connectivity index (χ3v) is 6.56. The third-order valence-electron chi connectivity index (χ3n) is 6.56. The highest BCUT2D eigenvalue weighted by Gasteiger charge is 2.32. The van der Waals surface area contributed by atoms with Crippen molar-refractivity contribution in [3.05, 3.63) is 84.8 Å². The molecule has 1 saturated heterocycles. The van der Waals surface area contributed by atoms with Crippen LogP contribution in [0.25, 0.3) is 22.2 Å². The average Bonchev–Trinajstić information content (AvgIpc) is 3.29. The highest BCUT2D eigenvalue weighted by molar-refractivity contribution is 5.97. The quantitative estimate of drug-likeness (QED) is 0.501. The van der Waals surface area contributed by atoms with Crippen molar-refractivity contribution in [3.63, 3.8) is 0 Å². The average molecular weight is 427 g/mol. The molecule has 5 rings (SSSR count). The van der Waals surface area contributed by atoms with E-state index in [9.17, 15) is 4.79 Å². The van der Waals surface area contributed by atoms with Crippen LogP contribution in [0.1, 0.15) is 31.6 Å². The number of rotatable bonds is 5. The smallest absolute Gasteiger partial charge is 0.282 e. The molecule has 1 fully saturated rings. The van der Waals surface area contributed by atoms with Crippen LogP contribution in [-0.2, 0) is 4.79 Å². The number of oxazole rings is 1. The summed E-state index contributed by atoms with van der Waals surface area (Å²) in [5, 5.41) is 3.18. The molecule has 0 bridgehead atoms. The van der Waals surface area contributed by atoms with E-state index in [1.165, 1.54) is 4.90 Å². The molecule has 5 heteroatoms. The molecule has 0 aliphatic carbocycles. The fourth-order valence-corrected chi connectivity index (χ4v) is 4.62. The molecule has 0 saturated carbocycles. The van der Waals surface area contributed by atoms with E-state index in [4.69, 9.17) is 4.42 Å². The predicted molar refractivity (Wildman–Crippen MR) is 127 cm³/mol. The molecule has 32 heavy (non-hydrogen) atoms. The summed E-state index contributed by atoms with van der Waals surface area (Å²) in [5.41, 5.74) is 4.77. The lowest BCUT2D eigenvalue weighted by Gasteiger charge is -2.31. The van der Waals surface area contributed by atoms with E-state index in [1.807, 2.05) is 73.7 Å². The Morgan fingerprint density at radius 2 is 1.66 bits per heavy atom. The second kappa shape index (κ2) is 8.97. The van der Waals surface area contributed by atoms with Crippen molar-refractivity contribution < 1.29 is 14.1 Å². The summed E-state index contributed by atoms with van der Waals surface area (Å²) in [6, 6.07) is 25.9. The Morgan fingerprint density at radius 3 is 2.44 bits per heavy atom. The van der Waals surface area contributed by atoms with Crippen LogP contribution in [0.5, 0.6) is 0 Å². The van der Waals surface area contributed by atoms with Crippen LogP contribution < -0.4 is 10.2 Å². The number of carbonyl (C=O) groups is 1. The summed E-state index contributed by atoms with van der Waals surface area (Å²) >= 11 is 0. The van der Waals surface area contributed by atoms with Gasteiger partial charge in [-0.1, -0.05) is 60.7 Å².